The summed E-state index contributed by atoms with van der Waals surface area (Å²) in [5.74, 6) is -1.71. The van der Waals surface area contributed by atoms with E-state index in [1.807, 2.05) is 24.3 Å². The average Bonchev–Trinajstić information content (AvgIpc) is 3.39. The van der Waals surface area contributed by atoms with Gasteiger partial charge in [-0.1, -0.05) is 6.07 Å². The van der Waals surface area contributed by atoms with Crippen molar-refractivity contribution >= 4 is 23.2 Å². The van der Waals surface area contributed by atoms with Gasteiger partial charge in [0.25, 0.3) is 5.91 Å². The lowest BCUT2D eigenvalue weighted by atomic mass is 10.1. The first-order valence-corrected chi connectivity index (χ1v) is 9.79. The van der Waals surface area contributed by atoms with Crippen LogP contribution in [0.4, 0.5) is 13.2 Å². The molecule has 4 N–H and O–H groups in total. The van der Waals surface area contributed by atoms with Crippen molar-refractivity contribution < 1.29 is 27.9 Å². The predicted octanol–water partition coefficient (Wildman–Crippen LogP) is 2.14. The first-order chi connectivity index (χ1) is 14.7. The quantitative estimate of drug-likeness (QED) is 0.475. The summed E-state index contributed by atoms with van der Waals surface area (Å²) in [6.07, 6.45) is -2.41. The third-order valence-corrected chi connectivity index (χ3v) is 5.24. The Balaban J connectivity index is 0.000000339. The molecule has 4 heterocycles. The lowest BCUT2D eigenvalue weighted by Gasteiger charge is -2.10. The van der Waals surface area contributed by atoms with Crippen LogP contribution in [0.1, 0.15) is 25.9 Å². The number of hydrogen-bond donors (Lipinski definition) is 4. The lowest BCUT2D eigenvalue weighted by Crippen LogP contribution is -2.22. The Bertz CT molecular complexity index is 1030. The number of fused-ring (bicyclic) bond motifs is 1. The van der Waals surface area contributed by atoms with Crippen LogP contribution in [0.5, 0.6) is 0 Å². The van der Waals surface area contributed by atoms with E-state index in [0.717, 1.165) is 24.4 Å². The summed E-state index contributed by atoms with van der Waals surface area (Å²) < 4.78 is 31.7. The average molecular weight is 454 g/mol. The SMILES string of the molecule is O=C(NCc1nc(-c2ccccn2)n[nH]1)c1cc2c(s1)CNCC2.O=C(O)C(F)(F)F. The van der Waals surface area contributed by atoms with E-state index in [1.54, 1.807) is 17.5 Å². The number of alkyl halides is 3. The number of aromatic amines is 1. The zero-order valence-corrected chi connectivity index (χ0v) is 16.7. The highest BCUT2D eigenvalue weighted by Crippen LogP contribution is 2.25. The van der Waals surface area contributed by atoms with Crippen LogP contribution in [0.25, 0.3) is 11.5 Å². The molecule has 0 aromatic carbocycles. The van der Waals surface area contributed by atoms with E-state index in [9.17, 15) is 18.0 Å². The van der Waals surface area contributed by atoms with E-state index < -0.39 is 12.1 Å². The number of H-pyrrole nitrogens is 1. The van der Waals surface area contributed by atoms with Crippen LogP contribution in [0.15, 0.2) is 30.5 Å². The number of carboxylic acids is 1. The highest BCUT2D eigenvalue weighted by Gasteiger charge is 2.38. The second kappa shape index (κ2) is 9.66. The monoisotopic (exact) mass is 454 g/mol. The number of nitrogens with one attached hydrogen (secondary N) is 3. The van der Waals surface area contributed by atoms with Crippen molar-refractivity contribution in [2.75, 3.05) is 6.54 Å². The summed E-state index contributed by atoms with van der Waals surface area (Å²) in [5.41, 5.74) is 1.98. The maximum atomic E-state index is 12.3. The number of carbonyl (C=O) groups excluding carboxylic acids is 1. The van der Waals surface area contributed by atoms with Crippen LogP contribution in [0.3, 0.4) is 0 Å². The molecule has 0 radical (unpaired) electrons. The third-order valence-electron chi connectivity index (χ3n) is 4.06. The van der Waals surface area contributed by atoms with Gasteiger partial charge in [0.1, 0.15) is 11.5 Å². The zero-order valence-electron chi connectivity index (χ0n) is 15.9. The van der Waals surface area contributed by atoms with Gasteiger partial charge in [0.2, 0.25) is 0 Å². The Morgan fingerprint density at radius 2 is 2.06 bits per heavy atom. The summed E-state index contributed by atoms with van der Waals surface area (Å²) in [6.45, 7) is 2.13. The largest absolute Gasteiger partial charge is 0.490 e. The van der Waals surface area contributed by atoms with Gasteiger partial charge in [0, 0.05) is 17.6 Å². The first-order valence-electron chi connectivity index (χ1n) is 8.97. The summed E-state index contributed by atoms with van der Waals surface area (Å²) in [7, 11) is 0. The van der Waals surface area contributed by atoms with Gasteiger partial charge in [-0.15, -0.1) is 11.3 Å². The smallest absolute Gasteiger partial charge is 0.475 e. The van der Waals surface area contributed by atoms with E-state index >= 15 is 0 Å². The molecule has 0 saturated carbocycles. The van der Waals surface area contributed by atoms with Gasteiger partial charge >= 0.3 is 12.1 Å². The molecule has 4 rings (SSSR count). The van der Waals surface area contributed by atoms with Crippen LogP contribution < -0.4 is 10.6 Å². The van der Waals surface area contributed by atoms with Gasteiger partial charge in [-0.25, -0.2) is 9.78 Å². The maximum absolute atomic E-state index is 12.3. The van der Waals surface area contributed by atoms with Gasteiger partial charge in [0.05, 0.1) is 11.4 Å². The van der Waals surface area contributed by atoms with Crippen molar-refractivity contribution in [1.82, 2.24) is 30.8 Å². The normalized spacial score (nSPS) is 13.0. The Morgan fingerprint density at radius 1 is 1.29 bits per heavy atom. The topological polar surface area (TPSA) is 133 Å². The van der Waals surface area contributed by atoms with Gasteiger partial charge in [-0.05, 0) is 36.7 Å². The molecule has 0 spiro atoms. The summed E-state index contributed by atoms with van der Waals surface area (Å²) >= 11 is 1.55. The number of amides is 1. The highest BCUT2D eigenvalue weighted by atomic mass is 32.1. The third kappa shape index (κ3) is 6.08. The molecule has 3 aromatic heterocycles. The minimum Gasteiger partial charge on any atom is -0.475 e. The molecule has 31 heavy (non-hydrogen) atoms. The van der Waals surface area contributed by atoms with Crippen LogP contribution in [-0.2, 0) is 24.3 Å². The van der Waals surface area contributed by atoms with Gasteiger partial charge in [0.15, 0.2) is 5.82 Å². The number of hydrogen-bond acceptors (Lipinski definition) is 7. The van der Waals surface area contributed by atoms with Crippen molar-refractivity contribution in [3.63, 3.8) is 0 Å². The number of carboxylic acid groups (broad SMARTS) is 1. The molecule has 0 fully saturated rings. The number of pyridine rings is 1. The molecule has 9 nitrogen and oxygen atoms in total. The minimum absolute atomic E-state index is 0.0785. The molecule has 13 heteroatoms. The molecule has 0 bridgehead atoms. The Labute approximate surface area is 177 Å². The molecule has 0 saturated heterocycles. The minimum atomic E-state index is -5.08. The number of aromatic nitrogens is 4. The second-order valence-electron chi connectivity index (χ2n) is 6.29. The number of nitrogens with zero attached hydrogens (tertiary/aromatic N) is 3. The van der Waals surface area contributed by atoms with Crippen LogP contribution in [-0.4, -0.2) is 49.9 Å². The number of rotatable bonds is 4. The van der Waals surface area contributed by atoms with Crippen LogP contribution in [0, 0.1) is 0 Å². The molecular weight excluding hydrogens is 437 g/mol. The second-order valence-corrected chi connectivity index (χ2v) is 7.43. The maximum Gasteiger partial charge on any atom is 0.490 e. The number of halogens is 3. The van der Waals surface area contributed by atoms with Gasteiger partial charge in [-0.3, -0.25) is 14.9 Å². The number of thiophene rings is 1. The van der Waals surface area contributed by atoms with Crippen molar-refractivity contribution in [1.29, 1.82) is 0 Å². The van der Waals surface area contributed by atoms with E-state index in [1.165, 1.54) is 10.4 Å². The molecule has 0 atom stereocenters. The highest BCUT2D eigenvalue weighted by molar-refractivity contribution is 7.14. The molecule has 0 aliphatic carbocycles. The van der Waals surface area contributed by atoms with Gasteiger partial charge in [-0.2, -0.15) is 18.3 Å². The fourth-order valence-corrected chi connectivity index (χ4v) is 3.70. The van der Waals surface area contributed by atoms with Crippen molar-refractivity contribution in [3.05, 3.63) is 51.6 Å². The molecular formula is C18H17F3N6O3S. The number of carbonyl (C=O) groups is 2. The molecule has 3 aromatic rings. The zero-order chi connectivity index (χ0) is 22.4. The fourth-order valence-electron chi connectivity index (χ4n) is 2.60. The van der Waals surface area contributed by atoms with Crippen LogP contribution >= 0.6 is 11.3 Å². The Morgan fingerprint density at radius 3 is 2.71 bits per heavy atom. The summed E-state index contributed by atoms with van der Waals surface area (Å²) in [5, 5.41) is 20.3. The molecule has 164 valence electrons. The predicted molar refractivity (Wildman–Crippen MR) is 104 cm³/mol. The van der Waals surface area contributed by atoms with Crippen molar-refractivity contribution in [2.24, 2.45) is 0 Å². The fraction of sp³-hybridized carbons (Fsp3) is 0.278. The molecule has 1 amide bonds. The van der Waals surface area contributed by atoms with E-state index in [2.05, 4.69) is 30.8 Å². The molecule has 0 unspecified atom stereocenters. The van der Waals surface area contributed by atoms with E-state index in [-0.39, 0.29) is 5.91 Å². The van der Waals surface area contributed by atoms with E-state index in [4.69, 9.17) is 9.90 Å². The molecule has 1 aliphatic rings. The van der Waals surface area contributed by atoms with Crippen LogP contribution in [0.2, 0.25) is 0 Å². The Kier molecular flexibility index (Phi) is 6.97. The Hall–Kier alpha value is -3.32. The standard InChI is InChI=1S/C16H16N6OS.C2HF3O2/c23-16(12-7-10-4-6-17-8-13(10)24-12)19-9-14-20-15(22-21-14)11-3-1-2-5-18-11;3-2(4,5)1(6)7/h1-3,5,7,17H,4,6,8-9H2,(H,19,23)(H,20,21,22);(H,6,7). The number of aliphatic carboxylic acids is 1. The lowest BCUT2D eigenvalue weighted by molar-refractivity contribution is -0.192. The van der Waals surface area contributed by atoms with Crippen molar-refractivity contribution in [3.8, 4) is 11.5 Å². The van der Waals surface area contributed by atoms with E-state index in [0.29, 0.717) is 23.9 Å². The van der Waals surface area contributed by atoms with Gasteiger partial charge < -0.3 is 15.7 Å². The summed E-state index contributed by atoms with van der Waals surface area (Å²) in [4.78, 5) is 31.8. The molecule has 1 aliphatic heterocycles. The summed E-state index contributed by atoms with van der Waals surface area (Å²) in [6, 6.07) is 7.56. The van der Waals surface area contributed by atoms with Crippen molar-refractivity contribution in [2.45, 2.75) is 25.7 Å². The first kappa shape index (κ1) is 22.4.